The normalized spacial score (nSPS) is 16.3. The molecule has 5 rings (SSSR count). The summed E-state index contributed by atoms with van der Waals surface area (Å²) in [7, 11) is 0. The van der Waals surface area contributed by atoms with Crippen molar-refractivity contribution >= 4 is 29.1 Å². The number of hydrogen-bond donors (Lipinski definition) is 2. The van der Waals surface area contributed by atoms with Crippen molar-refractivity contribution in [2.24, 2.45) is 0 Å². The molecule has 0 bridgehead atoms. The number of pyridine rings is 1. The van der Waals surface area contributed by atoms with Crippen molar-refractivity contribution in [1.29, 1.82) is 0 Å². The minimum Gasteiger partial charge on any atom is -0.368 e. The molecule has 2 aliphatic heterocycles. The van der Waals surface area contributed by atoms with Crippen molar-refractivity contribution in [1.82, 2.24) is 20.1 Å². The minimum atomic E-state index is -0.232. The van der Waals surface area contributed by atoms with E-state index < -0.39 is 0 Å². The highest BCUT2D eigenvalue weighted by molar-refractivity contribution is 6.07. The molecule has 9 nitrogen and oxygen atoms in total. The first-order chi connectivity index (χ1) is 19.1. The lowest BCUT2D eigenvalue weighted by Gasteiger charge is -2.27. The summed E-state index contributed by atoms with van der Waals surface area (Å²) in [6, 6.07) is 18.1. The van der Waals surface area contributed by atoms with E-state index in [0.717, 1.165) is 38.2 Å². The predicted molar refractivity (Wildman–Crippen MR) is 151 cm³/mol. The third kappa shape index (κ3) is 6.43. The molecule has 0 saturated carbocycles. The van der Waals surface area contributed by atoms with Crippen LogP contribution in [0.5, 0.6) is 0 Å². The predicted octanol–water partition coefficient (Wildman–Crippen LogP) is 3.12. The first-order valence-corrected chi connectivity index (χ1v) is 13.5. The number of rotatable bonds is 5. The Morgan fingerprint density at radius 1 is 0.692 bits per heavy atom. The van der Waals surface area contributed by atoms with Crippen LogP contribution >= 0.6 is 0 Å². The number of nitrogens with one attached hydrogen (secondary N) is 2. The fourth-order valence-electron chi connectivity index (χ4n) is 5.10. The second-order valence-electron chi connectivity index (χ2n) is 9.82. The Morgan fingerprint density at radius 3 is 2.26 bits per heavy atom. The van der Waals surface area contributed by atoms with Gasteiger partial charge in [0.15, 0.2) is 0 Å². The largest absolute Gasteiger partial charge is 0.368 e. The van der Waals surface area contributed by atoms with Gasteiger partial charge in [-0.3, -0.25) is 19.4 Å². The van der Waals surface area contributed by atoms with Crippen molar-refractivity contribution < 1.29 is 14.4 Å². The Labute approximate surface area is 228 Å². The highest BCUT2D eigenvalue weighted by Crippen LogP contribution is 2.30. The first kappa shape index (κ1) is 26.4. The lowest BCUT2D eigenvalue weighted by atomic mass is 10.1. The van der Waals surface area contributed by atoms with Crippen LogP contribution in [0.2, 0.25) is 0 Å². The van der Waals surface area contributed by atoms with Gasteiger partial charge in [0.2, 0.25) is 0 Å². The molecule has 0 unspecified atom stereocenters. The van der Waals surface area contributed by atoms with Crippen LogP contribution < -0.4 is 15.5 Å². The number of benzene rings is 2. The van der Waals surface area contributed by atoms with E-state index in [1.54, 1.807) is 42.7 Å². The minimum absolute atomic E-state index is 0.00950. The standard InChI is InChI=1S/C30H34N6O3/c37-28(23-6-2-1-3-7-23)33-26-22-25(30(39)35-16-4-12-31-15-19-35)8-9-27(26)34-17-5-18-36(21-20-34)29(38)24-10-13-32-14-11-24/h1-3,6-11,13-14,22,31H,4-5,12,15-21H2,(H,33,37). The number of amides is 3. The third-order valence-electron chi connectivity index (χ3n) is 7.21. The summed E-state index contributed by atoms with van der Waals surface area (Å²) in [5, 5.41) is 6.39. The van der Waals surface area contributed by atoms with Crippen LogP contribution in [-0.4, -0.2) is 84.9 Å². The molecule has 3 amide bonds. The second-order valence-corrected chi connectivity index (χ2v) is 9.82. The highest BCUT2D eigenvalue weighted by Gasteiger charge is 2.24. The Hall–Kier alpha value is -4.24. The van der Waals surface area contributed by atoms with Crippen molar-refractivity contribution in [3.05, 3.63) is 89.7 Å². The van der Waals surface area contributed by atoms with Gasteiger partial charge >= 0.3 is 0 Å². The maximum absolute atomic E-state index is 13.4. The zero-order valence-corrected chi connectivity index (χ0v) is 22.0. The smallest absolute Gasteiger partial charge is 0.255 e. The number of hydrogen-bond acceptors (Lipinski definition) is 6. The molecule has 2 N–H and O–H groups in total. The molecule has 3 aromatic rings. The molecule has 2 fully saturated rings. The van der Waals surface area contributed by atoms with E-state index in [4.69, 9.17) is 0 Å². The van der Waals surface area contributed by atoms with Gasteiger partial charge in [0.25, 0.3) is 17.7 Å². The molecule has 9 heteroatoms. The monoisotopic (exact) mass is 526 g/mol. The molecule has 39 heavy (non-hydrogen) atoms. The Balaban J connectivity index is 1.39. The summed E-state index contributed by atoms with van der Waals surface area (Å²) < 4.78 is 0. The number of aromatic nitrogens is 1. The molecule has 2 aromatic carbocycles. The summed E-state index contributed by atoms with van der Waals surface area (Å²) in [6.45, 7) is 5.54. The average molecular weight is 527 g/mol. The van der Waals surface area contributed by atoms with Crippen molar-refractivity contribution in [3.8, 4) is 0 Å². The molecule has 1 aromatic heterocycles. The lowest BCUT2D eigenvalue weighted by molar-refractivity contribution is 0.0759. The molecule has 0 atom stereocenters. The van der Waals surface area contributed by atoms with E-state index in [0.29, 0.717) is 55.1 Å². The van der Waals surface area contributed by atoms with E-state index in [2.05, 4.69) is 20.5 Å². The van der Waals surface area contributed by atoms with Gasteiger partial charge in [-0.15, -0.1) is 0 Å². The average Bonchev–Trinajstić information content (AvgIpc) is 3.41. The van der Waals surface area contributed by atoms with Gasteiger partial charge in [0.1, 0.15) is 0 Å². The summed E-state index contributed by atoms with van der Waals surface area (Å²) in [4.78, 5) is 49.5. The van der Waals surface area contributed by atoms with Gasteiger partial charge in [-0.05, 0) is 61.9 Å². The zero-order chi connectivity index (χ0) is 27.0. The summed E-state index contributed by atoms with van der Waals surface area (Å²) >= 11 is 0. The molecule has 0 spiro atoms. The van der Waals surface area contributed by atoms with Gasteiger partial charge in [-0.25, -0.2) is 0 Å². The summed E-state index contributed by atoms with van der Waals surface area (Å²) in [5.41, 5.74) is 3.15. The topological polar surface area (TPSA) is 97.9 Å². The molecule has 0 aliphatic carbocycles. The quantitative estimate of drug-likeness (QED) is 0.530. The lowest BCUT2D eigenvalue weighted by Crippen LogP contribution is -2.35. The van der Waals surface area contributed by atoms with Crippen molar-refractivity contribution in [3.63, 3.8) is 0 Å². The van der Waals surface area contributed by atoms with Gasteiger partial charge in [0, 0.05) is 74.9 Å². The maximum atomic E-state index is 13.4. The zero-order valence-electron chi connectivity index (χ0n) is 22.0. The first-order valence-electron chi connectivity index (χ1n) is 13.5. The van der Waals surface area contributed by atoms with E-state index in [1.165, 1.54) is 0 Å². The SMILES string of the molecule is O=C(Nc1cc(C(=O)N2CCCNCC2)ccc1N1CCCN(C(=O)c2ccncc2)CC1)c1ccccc1. The van der Waals surface area contributed by atoms with Crippen LogP contribution in [0, 0.1) is 0 Å². The second kappa shape index (κ2) is 12.5. The molecule has 2 saturated heterocycles. The number of nitrogens with zero attached hydrogens (tertiary/aromatic N) is 4. The van der Waals surface area contributed by atoms with Crippen LogP contribution in [-0.2, 0) is 0 Å². The highest BCUT2D eigenvalue weighted by atomic mass is 16.2. The molecule has 3 heterocycles. The third-order valence-corrected chi connectivity index (χ3v) is 7.21. The molecule has 2 aliphatic rings. The van der Waals surface area contributed by atoms with E-state index in [-0.39, 0.29) is 17.7 Å². The summed E-state index contributed by atoms with van der Waals surface area (Å²) in [6.07, 6.45) is 4.95. The Kier molecular flexibility index (Phi) is 8.48. The Morgan fingerprint density at radius 2 is 1.44 bits per heavy atom. The fraction of sp³-hybridized carbons (Fsp3) is 0.333. The van der Waals surface area contributed by atoms with Crippen molar-refractivity contribution in [2.75, 3.05) is 62.6 Å². The van der Waals surface area contributed by atoms with Gasteiger partial charge < -0.3 is 25.3 Å². The number of carbonyl (C=O) groups is 3. The molecule has 0 radical (unpaired) electrons. The van der Waals surface area contributed by atoms with E-state index in [1.807, 2.05) is 40.1 Å². The molecular weight excluding hydrogens is 492 g/mol. The van der Waals surface area contributed by atoms with Gasteiger partial charge in [-0.2, -0.15) is 0 Å². The Bertz CT molecular complexity index is 1290. The van der Waals surface area contributed by atoms with Gasteiger partial charge in [-0.1, -0.05) is 18.2 Å². The van der Waals surface area contributed by atoms with Crippen LogP contribution in [0.1, 0.15) is 43.9 Å². The van der Waals surface area contributed by atoms with Gasteiger partial charge in [0.05, 0.1) is 11.4 Å². The molecular formula is C30H34N6O3. The van der Waals surface area contributed by atoms with Crippen LogP contribution in [0.3, 0.4) is 0 Å². The number of carbonyl (C=O) groups excluding carboxylic acids is 3. The van der Waals surface area contributed by atoms with Crippen LogP contribution in [0.25, 0.3) is 0 Å². The van der Waals surface area contributed by atoms with Crippen LogP contribution in [0.15, 0.2) is 73.1 Å². The van der Waals surface area contributed by atoms with E-state index in [9.17, 15) is 14.4 Å². The van der Waals surface area contributed by atoms with E-state index >= 15 is 0 Å². The van der Waals surface area contributed by atoms with Crippen LogP contribution in [0.4, 0.5) is 11.4 Å². The fourth-order valence-corrected chi connectivity index (χ4v) is 5.10. The summed E-state index contributed by atoms with van der Waals surface area (Å²) in [5.74, 6) is -0.278. The number of anilines is 2. The van der Waals surface area contributed by atoms with Crippen molar-refractivity contribution in [2.45, 2.75) is 12.8 Å². The maximum Gasteiger partial charge on any atom is 0.255 e. The molecule has 202 valence electrons.